The molecule has 13 heteroatoms. The third-order valence-electron chi connectivity index (χ3n) is 6.49. The van der Waals surface area contributed by atoms with Gasteiger partial charge in [-0.05, 0) is 24.3 Å². The lowest BCUT2D eigenvalue weighted by molar-refractivity contribution is -0.164. The van der Waals surface area contributed by atoms with Crippen molar-refractivity contribution < 1.29 is 38.4 Å². The number of benzene rings is 1. The summed E-state index contributed by atoms with van der Waals surface area (Å²) in [6.45, 7) is 3.81. The Morgan fingerprint density at radius 3 is 2.48 bits per heavy atom. The number of hydrogen-bond acceptors (Lipinski definition) is 9. The number of nitrogens with zero attached hydrogens (tertiary/aromatic N) is 2. The van der Waals surface area contributed by atoms with Gasteiger partial charge in [0.2, 0.25) is 0 Å². The molecule has 3 N–H and O–H groups in total. The molecule has 1 fully saturated rings. The van der Waals surface area contributed by atoms with Gasteiger partial charge in [0.05, 0.1) is 25.1 Å². The van der Waals surface area contributed by atoms with Gasteiger partial charge in [-0.15, -0.1) is 0 Å². The minimum Gasteiger partial charge on any atom is -0.509 e. The fraction of sp³-hybridized carbons (Fsp3) is 0.444. The first-order valence-corrected chi connectivity index (χ1v) is 13.0. The molecular weight excluding hydrogens is 519 g/mol. The summed E-state index contributed by atoms with van der Waals surface area (Å²) in [6, 6.07) is 8.17. The molecule has 212 valence electrons. The molecule has 2 heterocycles. The lowest BCUT2D eigenvalue weighted by Crippen LogP contribution is -2.59. The highest BCUT2D eigenvalue weighted by molar-refractivity contribution is 6.50. The predicted octanol–water partition coefficient (Wildman–Crippen LogP) is 1.60. The van der Waals surface area contributed by atoms with Crippen LogP contribution < -0.4 is 10.6 Å². The van der Waals surface area contributed by atoms with Crippen LogP contribution in [-0.2, 0) is 34.9 Å². The van der Waals surface area contributed by atoms with Gasteiger partial charge in [-0.1, -0.05) is 44.2 Å². The van der Waals surface area contributed by atoms with E-state index in [1.807, 2.05) is 44.2 Å². The van der Waals surface area contributed by atoms with E-state index in [0.29, 0.717) is 6.42 Å². The SMILES string of the molecule is CNC(=O)[C@]1(CC(=O)O)CC(=O)OB([C@@H](CC(=O)[C@H](Cc2ccccc2)NC(=O)c2cnccn2)CC(C)C)O1. The summed E-state index contributed by atoms with van der Waals surface area (Å²) < 4.78 is 11.4. The number of carboxylic acid groups (broad SMARTS) is 1. The molecule has 1 saturated heterocycles. The number of aliphatic carboxylic acids is 1. The molecule has 0 aliphatic carbocycles. The van der Waals surface area contributed by atoms with Crippen molar-refractivity contribution >= 4 is 36.7 Å². The molecule has 2 amide bonds. The molecule has 0 saturated carbocycles. The number of amides is 2. The summed E-state index contributed by atoms with van der Waals surface area (Å²) in [5.74, 6) is -4.55. The van der Waals surface area contributed by atoms with Crippen LogP contribution in [-0.4, -0.2) is 70.4 Å². The number of hydrogen-bond donors (Lipinski definition) is 3. The van der Waals surface area contributed by atoms with Crippen LogP contribution in [0.15, 0.2) is 48.9 Å². The van der Waals surface area contributed by atoms with Crippen molar-refractivity contribution in [2.24, 2.45) is 5.92 Å². The summed E-state index contributed by atoms with van der Waals surface area (Å²) >= 11 is 0. The molecule has 1 aliphatic heterocycles. The van der Waals surface area contributed by atoms with Crippen LogP contribution in [0.5, 0.6) is 0 Å². The Kier molecular flexibility index (Phi) is 10.5. The molecule has 0 spiro atoms. The number of carbonyl (C=O) groups excluding carboxylic acids is 4. The second kappa shape index (κ2) is 13.8. The second-order valence-corrected chi connectivity index (χ2v) is 10.2. The van der Waals surface area contributed by atoms with E-state index in [4.69, 9.17) is 9.31 Å². The number of carbonyl (C=O) groups is 5. The standard InChI is InChI=1S/C27H33BN4O8/c1-17(2)11-19(28-39-24(36)15-27(40-28,14-23(34)35)26(38)29-3)13-22(33)20(12-18-7-5-4-6-8-18)32-25(37)21-16-30-9-10-31-21/h4-10,16-17,19-20H,11-15H2,1-3H3,(H,29,38)(H,32,37)(H,34,35)/t19-,20+,27+/m1/s1. The Labute approximate surface area is 232 Å². The number of nitrogens with one attached hydrogen (secondary N) is 2. The van der Waals surface area contributed by atoms with Crippen molar-refractivity contribution in [2.45, 2.75) is 63.4 Å². The molecule has 0 radical (unpaired) electrons. The van der Waals surface area contributed by atoms with E-state index in [-0.39, 0.29) is 30.2 Å². The summed E-state index contributed by atoms with van der Waals surface area (Å²) in [7, 11) is -0.0369. The monoisotopic (exact) mass is 552 g/mol. The van der Waals surface area contributed by atoms with Gasteiger partial charge in [0.25, 0.3) is 17.8 Å². The Morgan fingerprint density at radius 2 is 1.88 bits per heavy atom. The van der Waals surface area contributed by atoms with Crippen LogP contribution in [0.25, 0.3) is 0 Å². The van der Waals surface area contributed by atoms with Crippen LogP contribution >= 0.6 is 0 Å². The minimum atomic E-state index is -1.98. The molecule has 1 aliphatic rings. The highest BCUT2D eigenvalue weighted by Crippen LogP contribution is 2.36. The maximum Gasteiger partial charge on any atom is 0.531 e. The third-order valence-corrected chi connectivity index (χ3v) is 6.49. The molecule has 1 aromatic carbocycles. The van der Waals surface area contributed by atoms with E-state index in [1.54, 1.807) is 0 Å². The average molecular weight is 552 g/mol. The Bertz CT molecular complexity index is 1210. The van der Waals surface area contributed by atoms with Gasteiger partial charge in [0, 0.05) is 31.7 Å². The highest BCUT2D eigenvalue weighted by atomic mass is 16.6. The normalized spacial score (nSPS) is 18.4. The molecule has 3 atom stereocenters. The molecular formula is C27H33BN4O8. The quantitative estimate of drug-likeness (QED) is 0.310. The van der Waals surface area contributed by atoms with Crippen LogP contribution in [0.3, 0.4) is 0 Å². The largest absolute Gasteiger partial charge is 0.531 e. The van der Waals surface area contributed by atoms with E-state index >= 15 is 0 Å². The Morgan fingerprint density at radius 1 is 1.15 bits per heavy atom. The van der Waals surface area contributed by atoms with Crippen molar-refractivity contribution in [1.82, 2.24) is 20.6 Å². The Balaban J connectivity index is 1.89. The van der Waals surface area contributed by atoms with E-state index < -0.39 is 61.2 Å². The van der Waals surface area contributed by atoms with Gasteiger partial charge in [0.15, 0.2) is 11.4 Å². The van der Waals surface area contributed by atoms with Crippen LogP contribution in [0.1, 0.15) is 55.6 Å². The molecule has 1 aromatic heterocycles. The zero-order valence-electron chi connectivity index (χ0n) is 22.7. The third kappa shape index (κ3) is 8.19. The van der Waals surface area contributed by atoms with Crippen molar-refractivity contribution in [3.8, 4) is 0 Å². The second-order valence-electron chi connectivity index (χ2n) is 10.2. The van der Waals surface area contributed by atoms with E-state index in [0.717, 1.165) is 5.56 Å². The average Bonchev–Trinajstić information content (AvgIpc) is 2.91. The fourth-order valence-electron chi connectivity index (χ4n) is 4.72. The molecule has 40 heavy (non-hydrogen) atoms. The highest BCUT2D eigenvalue weighted by Gasteiger charge is 2.54. The lowest BCUT2D eigenvalue weighted by Gasteiger charge is -2.39. The number of aromatic nitrogens is 2. The van der Waals surface area contributed by atoms with E-state index in [9.17, 15) is 29.1 Å². The van der Waals surface area contributed by atoms with Gasteiger partial charge in [-0.2, -0.15) is 0 Å². The molecule has 0 bridgehead atoms. The maximum atomic E-state index is 13.7. The van der Waals surface area contributed by atoms with Gasteiger partial charge in [-0.3, -0.25) is 29.0 Å². The minimum absolute atomic E-state index is 0.0256. The van der Waals surface area contributed by atoms with Gasteiger partial charge < -0.3 is 25.0 Å². The lowest BCUT2D eigenvalue weighted by atomic mass is 9.63. The number of ketones is 1. The van der Waals surface area contributed by atoms with E-state index in [2.05, 4.69) is 20.6 Å². The summed E-state index contributed by atoms with van der Waals surface area (Å²) in [4.78, 5) is 71.5. The smallest absolute Gasteiger partial charge is 0.509 e. The molecule has 2 aromatic rings. The van der Waals surface area contributed by atoms with Crippen molar-refractivity contribution in [2.75, 3.05) is 7.05 Å². The van der Waals surface area contributed by atoms with E-state index in [1.165, 1.54) is 25.6 Å². The van der Waals surface area contributed by atoms with Gasteiger partial charge in [0.1, 0.15) is 5.69 Å². The fourth-order valence-corrected chi connectivity index (χ4v) is 4.72. The zero-order valence-corrected chi connectivity index (χ0v) is 22.7. The van der Waals surface area contributed by atoms with Gasteiger partial charge in [-0.25, -0.2) is 4.98 Å². The predicted molar refractivity (Wildman–Crippen MR) is 143 cm³/mol. The van der Waals surface area contributed by atoms with Crippen LogP contribution in [0.4, 0.5) is 0 Å². The summed E-state index contributed by atoms with van der Waals surface area (Å²) in [5.41, 5.74) is -1.13. The zero-order chi connectivity index (χ0) is 29.3. The number of Topliss-reactive ketones (excluding diaryl/α,β-unsaturated/α-hetero) is 1. The van der Waals surface area contributed by atoms with Crippen LogP contribution in [0, 0.1) is 5.92 Å². The molecule has 3 rings (SSSR count). The van der Waals surface area contributed by atoms with Gasteiger partial charge >= 0.3 is 13.1 Å². The first-order chi connectivity index (χ1) is 19.0. The number of rotatable bonds is 13. The number of likely N-dealkylation sites (N-methyl/N-ethyl adjacent to an activating group) is 1. The topological polar surface area (TPSA) is 174 Å². The molecule has 12 nitrogen and oxygen atoms in total. The summed E-state index contributed by atoms with van der Waals surface area (Å²) in [6.07, 6.45) is 3.11. The first-order valence-electron chi connectivity index (χ1n) is 13.0. The number of carboxylic acids is 1. The van der Waals surface area contributed by atoms with Crippen molar-refractivity contribution in [1.29, 1.82) is 0 Å². The summed E-state index contributed by atoms with van der Waals surface area (Å²) in [5, 5.41) is 14.6. The maximum absolute atomic E-state index is 13.7. The Hall–Kier alpha value is -4.13. The van der Waals surface area contributed by atoms with Crippen molar-refractivity contribution in [3.05, 3.63) is 60.2 Å². The first kappa shape index (κ1) is 30.4. The molecule has 0 unspecified atom stereocenters. The van der Waals surface area contributed by atoms with Crippen LogP contribution in [0.2, 0.25) is 5.82 Å². The van der Waals surface area contributed by atoms with Crippen molar-refractivity contribution in [3.63, 3.8) is 0 Å².